The number of rotatable bonds is 5. The van der Waals surface area contributed by atoms with E-state index in [1.165, 1.54) is 11.1 Å². The molecule has 0 heterocycles. The van der Waals surface area contributed by atoms with E-state index in [9.17, 15) is 4.79 Å². The summed E-state index contributed by atoms with van der Waals surface area (Å²) in [7, 11) is 3.57. The summed E-state index contributed by atoms with van der Waals surface area (Å²) in [5, 5.41) is 3.36. The van der Waals surface area contributed by atoms with Gasteiger partial charge in [0.25, 0.3) is 0 Å². The zero-order valence-electron chi connectivity index (χ0n) is 11.2. The first kappa shape index (κ1) is 13.7. The van der Waals surface area contributed by atoms with Crippen LogP contribution in [0.1, 0.15) is 30.5 Å². The summed E-state index contributed by atoms with van der Waals surface area (Å²) >= 11 is 0. The Morgan fingerprint density at radius 1 is 1.41 bits per heavy atom. The standard InChI is InChI=1S/C14H22N2O/c1-11-6-5-7-13(10-11)12(2)15-9-8-14(17)16(3)4/h5-7,10,12,15H,8-9H2,1-4H3/t12-/m1/s1. The van der Waals surface area contributed by atoms with Crippen molar-refractivity contribution >= 4 is 5.91 Å². The smallest absolute Gasteiger partial charge is 0.223 e. The molecule has 0 saturated heterocycles. The van der Waals surface area contributed by atoms with Crippen molar-refractivity contribution < 1.29 is 4.79 Å². The molecule has 1 N–H and O–H groups in total. The molecule has 17 heavy (non-hydrogen) atoms. The third kappa shape index (κ3) is 4.57. The normalized spacial score (nSPS) is 12.2. The topological polar surface area (TPSA) is 32.3 Å². The summed E-state index contributed by atoms with van der Waals surface area (Å²) in [4.78, 5) is 13.0. The number of nitrogens with zero attached hydrogens (tertiary/aromatic N) is 1. The second-order valence-corrected chi connectivity index (χ2v) is 4.63. The van der Waals surface area contributed by atoms with Crippen LogP contribution in [0.5, 0.6) is 0 Å². The second kappa shape index (κ2) is 6.40. The Bertz CT molecular complexity index is 374. The lowest BCUT2D eigenvalue weighted by molar-refractivity contribution is -0.128. The van der Waals surface area contributed by atoms with Crippen LogP contribution in [0.2, 0.25) is 0 Å². The molecule has 0 aliphatic carbocycles. The van der Waals surface area contributed by atoms with Gasteiger partial charge in [0, 0.05) is 33.1 Å². The Morgan fingerprint density at radius 3 is 2.71 bits per heavy atom. The molecule has 0 aromatic heterocycles. The molecule has 0 spiro atoms. The van der Waals surface area contributed by atoms with Crippen LogP contribution in [0.3, 0.4) is 0 Å². The largest absolute Gasteiger partial charge is 0.349 e. The molecular formula is C14H22N2O. The van der Waals surface area contributed by atoms with Crippen LogP contribution in [-0.4, -0.2) is 31.4 Å². The molecule has 0 aliphatic heterocycles. The third-order valence-corrected chi connectivity index (χ3v) is 2.83. The maximum atomic E-state index is 11.4. The highest BCUT2D eigenvalue weighted by Crippen LogP contribution is 2.13. The van der Waals surface area contributed by atoms with E-state index >= 15 is 0 Å². The fourth-order valence-electron chi connectivity index (χ4n) is 1.68. The lowest BCUT2D eigenvalue weighted by Crippen LogP contribution is -2.28. The minimum Gasteiger partial charge on any atom is -0.349 e. The van der Waals surface area contributed by atoms with Crippen molar-refractivity contribution in [1.82, 2.24) is 10.2 Å². The SMILES string of the molecule is Cc1cccc([C@@H](C)NCCC(=O)N(C)C)c1. The van der Waals surface area contributed by atoms with E-state index in [1.54, 1.807) is 19.0 Å². The molecule has 3 nitrogen and oxygen atoms in total. The van der Waals surface area contributed by atoms with E-state index in [0.29, 0.717) is 13.0 Å². The fraction of sp³-hybridized carbons (Fsp3) is 0.500. The average molecular weight is 234 g/mol. The van der Waals surface area contributed by atoms with Crippen molar-refractivity contribution in [3.05, 3.63) is 35.4 Å². The predicted molar refractivity (Wildman–Crippen MR) is 70.9 cm³/mol. The Balaban J connectivity index is 2.40. The van der Waals surface area contributed by atoms with E-state index in [4.69, 9.17) is 0 Å². The van der Waals surface area contributed by atoms with Crippen molar-refractivity contribution in [3.8, 4) is 0 Å². The fourth-order valence-corrected chi connectivity index (χ4v) is 1.68. The molecule has 1 rings (SSSR count). The molecule has 3 heteroatoms. The first-order valence-corrected chi connectivity index (χ1v) is 6.01. The highest BCUT2D eigenvalue weighted by atomic mass is 16.2. The van der Waals surface area contributed by atoms with Gasteiger partial charge in [-0.3, -0.25) is 4.79 Å². The molecular weight excluding hydrogens is 212 g/mol. The minimum absolute atomic E-state index is 0.161. The summed E-state index contributed by atoms with van der Waals surface area (Å²) in [5.41, 5.74) is 2.53. The van der Waals surface area contributed by atoms with Crippen LogP contribution >= 0.6 is 0 Å². The van der Waals surface area contributed by atoms with Gasteiger partial charge in [-0.2, -0.15) is 0 Å². The molecule has 0 unspecified atom stereocenters. The molecule has 1 atom stereocenters. The van der Waals surface area contributed by atoms with Crippen molar-refractivity contribution in [2.45, 2.75) is 26.3 Å². The van der Waals surface area contributed by atoms with Gasteiger partial charge in [0.05, 0.1) is 0 Å². The van der Waals surface area contributed by atoms with Crippen LogP contribution < -0.4 is 5.32 Å². The van der Waals surface area contributed by atoms with Gasteiger partial charge >= 0.3 is 0 Å². The minimum atomic E-state index is 0.161. The molecule has 94 valence electrons. The number of benzene rings is 1. The van der Waals surface area contributed by atoms with Gasteiger partial charge in [-0.05, 0) is 19.4 Å². The lowest BCUT2D eigenvalue weighted by atomic mass is 10.1. The van der Waals surface area contributed by atoms with Gasteiger partial charge in [-0.25, -0.2) is 0 Å². The predicted octanol–water partition coefficient (Wildman–Crippen LogP) is 2.12. The highest BCUT2D eigenvalue weighted by Gasteiger charge is 2.07. The third-order valence-electron chi connectivity index (χ3n) is 2.83. The summed E-state index contributed by atoms with van der Waals surface area (Å²) in [5.74, 6) is 0.161. The van der Waals surface area contributed by atoms with Crippen LogP contribution in [0, 0.1) is 6.92 Å². The maximum Gasteiger partial charge on any atom is 0.223 e. The van der Waals surface area contributed by atoms with Gasteiger partial charge in [0.1, 0.15) is 0 Å². The summed E-state index contributed by atoms with van der Waals surface area (Å²) in [6, 6.07) is 8.72. The summed E-state index contributed by atoms with van der Waals surface area (Å²) in [6.45, 7) is 4.92. The van der Waals surface area contributed by atoms with Crippen molar-refractivity contribution in [3.63, 3.8) is 0 Å². The molecule has 1 aromatic rings. The van der Waals surface area contributed by atoms with Crippen LogP contribution in [0.15, 0.2) is 24.3 Å². The zero-order valence-corrected chi connectivity index (χ0v) is 11.2. The number of hydrogen-bond donors (Lipinski definition) is 1. The molecule has 0 radical (unpaired) electrons. The second-order valence-electron chi connectivity index (χ2n) is 4.63. The number of carbonyl (C=O) groups excluding carboxylic acids is 1. The van der Waals surface area contributed by atoms with Gasteiger partial charge in [-0.15, -0.1) is 0 Å². The van der Waals surface area contributed by atoms with Crippen LogP contribution in [0.25, 0.3) is 0 Å². The van der Waals surface area contributed by atoms with Crippen LogP contribution in [-0.2, 0) is 4.79 Å². The number of nitrogens with one attached hydrogen (secondary N) is 1. The van der Waals surface area contributed by atoms with Gasteiger partial charge in [0.15, 0.2) is 0 Å². The van der Waals surface area contributed by atoms with Crippen molar-refractivity contribution in [2.24, 2.45) is 0 Å². The van der Waals surface area contributed by atoms with Crippen LogP contribution in [0.4, 0.5) is 0 Å². The number of carbonyl (C=O) groups is 1. The quantitative estimate of drug-likeness (QED) is 0.846. The molecule has 0 fully saturated rings. The first-order chi connectivity index (χ1) is 8.00. The van der Waals surface area contributed by atoms with Gasteiger partial charge < -0.3 is 10.2 Å². The molecule has 0 aliphatic rings. The summed E-state index contributed by atoms with van der Waals surface area (Å²) < 4.78 is 0. The van der Waals surface area contributed by atoms with E-state index in [-0.39, 0.29) is 11.9 Å². The first-order valence-electron chi connectivity index (χ1n) is 6.01. The Kier molecular flexibility index (Phi) is 5.16. The number of aryl methyl sites for hydroxylation is 1. The van der Waals surface area contributed by atoms with Crippen molar-refractivity contribution in [2.75, 3.05) is 20.6 Å². The Hall–Kier alpha value is -1.35. The van der Waals surface area contributed by atoms with Gasteiger partial charge in [-0.1, -0.05) is 29.8 Å². The number of hydrogen-bond acceptors (Lipinski definition) is 2. The molecule has 0 saturated carbocycles. The van der Waals surface area contributed by atoms with Gasteiger partial charge in [0.2, 0.25) is 5.91 Å². The highest BCUT2D eigenvalue weighted by molar-refractivity contribution is 5.75. The van der Waals surface area contributed by atoms with Crippen molar-refractivity contribution in [1.29, 1.82) is 0 Å². The molecule has 1 aromatic carbocycles. The Morgan fingerprint density at radius 2 is 2.12 bits per heavy atom. The molecule has 1 amide bonds. The van der Waals surface area contributed by atoms with E-state index < -0.39 is 0 Å². The lowest BCUT2D eigenvalue weighted by Gasteiger charge is -2.16. The maximum absolute atomic E-state index is 11.4. The van der Waals surface area contributed by atoms with E-state index in [2.05, 4.69) is 43.4 Å². The molecule has 0 bridgehead atoms. The average Bonchev–Trinajstić information content (AvgIpc) is 2.28. The van der Waals surface area contributed by atoms with E-state index in [1.807, 2.05) is 0 Å². The number of amides is 1. The van der Waals surface area contributed by atoms with E-state index in [0.717, 1.165) is 0 Å². The zero-order chi connectivity index (χ0) is 12.8. The monoisotopic (exact) mass is 234 g/mol. The summed E-state index contributed by atoms with van der Waals surface area (Å²) in [6.07, 6.45) is 0.545. The Labute approximate surface area is 104 Å².